The Bertz CT molecular complexity index is 449. The van der Waals surface area contributed by atoms with Crippen LogP contribution in [0, 0.1) is 5.82 Å². The van der Waals surface area contributed by atoms with Crippen LogP contribution in [0.25, 0.3) is 0 Å². The van der Waals surface area contributed by atoms with Gasteiger partial charge in [0, 0.05) is 30.6 Å². The van der Waals surface area contributed by atoms with Gasteiger partial charge in [-0.3, -0.25) is 4.90 Å². The maximum absolute atomic E-state index is 13.2. The summed E-state index contributed by atoms with van der Waals surface area (Å²) in [5, 5.41) is 0.609. The van der Waals surface area contributed by atoms with Crippen LogP contribution in [-0.2, 0) is 6.54 Å². The summed E-state index contributed by atoms with van der Waals surface area (Å²) in [5.41, 5.74) is 6.35. The molecule has 5 heteroatoms. The molecule has 0 aromatic heterocycles. The summed E-state index contributed by atoms with van der Waals surface area (Å²) in [6.07, 6.45) is 3.06. The lowest BCUT2D eigenvalue weighted by molar-refractivity contribution is 0.262. The highest BCUT2D eigenvalue weighted by molar-refractivity contribution is 7.80. The van der Waals surface area contributed by atoms with Gasteiger partial charge in [0.1, 0.15) is 5.82 Å². The molecule has 0 aliphatic heterocycles. The summed E-state index contributed by atoms with van der Waals surface area (Å²) in [6.45, 7) is 1.47. The van der Waals surface area contributed by atoms with Crippen molar-refractivity contribution in [1.82, 2.24) is 4.90 Å². The van der Waals surface area contributed by atoms with Crippen LogP contribution >= 0.6 is 23.8 Å². The van der Waals surface area contributed by atoms with Gasteiger partial charge in [-0.2, -0.15) is 0 Å². The van der Waals surface area contributed by atoms with Crippen molar-refractivity contribution >= 4 is 28.8 Å². The molecule has 0 unspecified atom stereocenters. The van der Waals surface area contributed by atoms with E-state index in [-0.39, 0.29) is 5.82 Å². The van der Waals surface area contributed by atoms with Gasteiger partial charge in [0.2, 0.25) is 0 Å². The molecule has 1 aromatic rings. The molecule has 1 aliphatic carbocycles. The normalized spacial score (nSPS) is 15.1. The Balaban J connectivity index is 2.03. The zero-order chi connectivity index (χ0) is 13.1. The van der Waals surface area contributed by atoms with E-state index < -0.39 is 0 Å². The lowest BCUT2D eigenvalue weighted by atomic mass is 10.2. The molecule has 2 N–H and O–H groups in total. The first-order chi connectivity index (χ1) is 8.56. The van der Waals surface area contributed by atoms with Crippen LogP contribution in [0.5, 0.6) is 0 Å². The van der Waals surface area contributed by atoms with Gasteiger partial charge in [-0.1, -0.05) is 23.8 Å². The molecule has 18 heavy (non-hydrogen) atoms. The molecule has 2 nitrogen and oxygen atoms in total. The zero-order valence-corrected chi connectivity index (χ0v) is 11.6. The molecule has 0 atom stereocenters. The Kier molecular flexibility index (Phi) is 4.54. The van der Waals surface area contributed by atoms with Crippen molar-refractivity contribution in [2.45, 2.75) is 31.8 Å². The van der Waals surface area contributed by atoms with Gasteiger partial charge in [-0.05, 0) is 36.6 Å². The molecular weight excluding hydrogens is 271 g/mol. The van der Waals surface area contributed by atoms with E-state index in [0.717, 1.165) is 12.1 Å². The molecule has 1 saturated carbocycles. The number of rotatable bonds is 6. The summed E-state index contributed by atoms with van der Waals surface area (Å²) in [7, 11) is 0. The van der Waals surface area contributed by atoms with E-state index in [4.69, 9.17) is 29.6 Å². The second-order valence-electron chi connectivity index (χ2n) is 4.65. The molecule has 0 heterocycles. The highest BCUT2D eigenvalue weighted by atomic mass is 35.5. The van der Waals surface area contributed by atoms with Crippen LogP contribution in [0.3, 0.4) is 0 Å². The molecule has 0 radical (unpaired) electrons. The van der Waals surface area contributed by atoms with Gasteiger partial charge in [-0.15, -0.1) is 0 Å². The number of hydrogen-bond acceptors (Lipinski definition) is 2. The monoisotopic (exact) mass is 286 g/mol. The number of thiocarbonyl (C=S) groups is 1. The minimum Gasteiger partial charge on any atom is -0.393 e. The van der Waals surface area contributed by atoms with Crippen molar-refractivity contribution in [2.75, 3.05) is 6.54 Å². The standard InChI is InChI=1S/C13H16ClFN2S/c14-12-4-1-10(15)7-9(12)8-17(11-2-3-11)6-5-13(16)18/h1,4,7,11H,2-3,5-6,8H2,(H2,16,18). The molecule has 0 saturated heterocycles. The molecule has 0 amide bonds. The highest BCUT2D eigenvalue weighted by Gasteiger charge is 2.29. The van der Waals surface area contributed by atoms with Gasteiger partial charge in [0.05, 0.1) is 4.99 Å². The van der Waals surface area contributed by atoms with E-state index in [1.165, 1.54) is 25.0 Å². The molecular formula is C13H16ClFN2S. The van der Waals surface area contributed by atoms with Crippen molar-refractivity contribution in [3.05, 3.63) is 34.6 Å². The fourth-order valence-electron chi connectivity index (χ4n) is 1.97. The first-order valence-electron chi connectivity index (χ1n) is 6.02. The minimum atomic E-state index is -0.250. The lowest BCUT2D eigenvalue weighted by Crippen LogP contribution is -2.29. The zero-order valence-electron chi connectivity index (χ0n) is 10.0. The maximum atomic E-state index is 13.2. The fraction of sp³-hybridized carbons (Fsp3) is 0.462. The molecule has 98 valence electrons. The van der Waals surface area contributed by atoms with Crippen molar-refractivity contribution < 1.29 is 4.39 Å². The van der Waals surface area contributed by atoms with Crippen LogP contribution in [0.2, 0.25) is 5.02 Å². The first kappa shape index (κ1) is 13.7. The summed E-state index contributed by atoms with van der Waals surface area (Å²) in [6, 6.07) is 5.05. The molecule has 2 rings (SSSR count). The topological polar surface area (TPSA) is 29.3 Å². The predicted molar refractivity (Wildman–Crippen MR) is 76.2 cm³/mol. The smallest absolute Gasteiger partial charge is 0.123 e. The Morgan fingerprint density at radius 2 is 2.22 bits per heavy atom. The molecule has 1 aromatic carbocycles. The van der Waals surface area contributed by atoms with Gasteiger partial charge in [0.25, 0.3) is 0 Å². The molecule has 0 bridgehead atoms. The third-order valence-electron chi connectivity index (χ3n) is 3.09. The second kappa shape index (κ2) is 5.95. The quantitative estimate of drug-likeness (QED) is 0.815. The van der Waals surface area contributed by atoms with Crippen LogP contribution in [0.4, 0.5) is 4.39 Å². The van der Waals surface area contributed by atoms with Crippen molar-refractivity contribution in [2.24, 2.45) is 5.73 Å². The number of halogens is 2. The number of nitrogens with zero attached hydrogens (tertiary/aromatic N) is 1. The van der Waals surface area contributed by atoms with Gasteiger partial charge >= 0.3 is 0 Å². The highest BCUT2D eigenvalue weighted by Crippen LogP contribution is 2.30. The molecule has 1 fully saturated rings. The van der Waals surface area contributed by atoms with E-state index in [1.54, 1.807) is 6.07 Å². The summed E-state index contributed by atoms with van der Waals surface area (Å²) in [5.74, 6) is -0.250. The van der Waals surface area contributed by atoms with Crippen LogP contribution in [0.15, 0.2) is 18.2 Å². The van der Waals surface area contributed by atoms with Gasteiger partial charge in [-0.25, -0.2) is 4.39 Å². The average molecular weight is 287 g/mol. The van der Waals surface area contributed by atoms with Crippen molar-refractivity contribution in [1.29, 1.82) is 0 Å². The van der Waals surface area contributed by atoms with E-state index in [0.29, 0.717) is 29.0 Å². The average Bonchev–Trinajstić information content (AvgIpc) is 3.12. The number of benzene rings is 1. The second-order valence-corrected chi connectivity index (χ2v) is 5.59. The summed E-state index contributed by atoms with van der Waals surface area (Å²) < 4.78 is 13.2. The van der Waals surface area contributed by atoms with E-state index in [1.807, 2.05) is 0 Å². The van der Waals surface area contributed by atoms with Crippen LogP contribution < -0.4 is 5.73 Å². The predicted octanol–water partition coefficient (Wildman–Crippen LogP) is 3.12. The third-order valence-corrected chi connectivity index (χ3v) is 3.66. The van der Waals surface area contributed by atoms with Gasteiger partial charge in [0.15, 0.2) is 0 Å². The van der Waals surface area contributed by atoms with Crippen molar-refractivity contribution in [3.8, 4) is 0 Å². The van der Waals surface area contributed by atoms with E-state index in [2.05, 4.69) is 4.90 Å². The lowest BCUT2D eigenvalue weighted by Gasteiger charge is -2.22. The van der Waals surface area contributed by atoms with Crippen molar-refractivity contribution in [3.63, 3.8) is 0 Å². The van der Waals surface area contributed by atoms with E-state index >= 15 is 0 Å². The SMILES string of the molecule is NC(=S)CCN(Cc1cc(F)ccc1Cl)C1CC1. The summed E-state index contributed by atoms with van der Waals surface area (Å²) in [4.78, 5) is 2.80. The van der Waals surface area contributed by atoms with E-state index in [9.17, 15) is 4.39 Å². The summed E-state index contributed by atoms with van der Waals surface area (Å²) >= 11 is 11.0. The molecule has 0 spiro atoms. The Morgan fingerprint density at radius 1 is 1.50 bits per heavy atom. The van der Waals surface area contributed by atoms with Gasteiger partial charge < -0.3 is 5.73 Å². The number of nitrogens with two attached hydrogens (primary N) is 1. The largest absolute Gasteiger partial charge is 0.393 e. The number of hydrogen-bond donors (Lipinski definition) is 1. The Morgan fingerprint density at radius 3 is 2.83 bits per heavy atom. The van der Waals surface area contributed by atoms with Crippen LogP contribution in [-0.4, -0.2) is 22.5 Å². The maximum Gasteiger partial charge on any atom is 0.123 e. The fourth-order valence-corrected chi connectivity index (χ4v) is 2.24. The third kappa shape index (κ3) is 3.90. The minimum absolute atomic E-state index is 0.250. The van der Waals surface area contributed by atoms with Crippen LogP contribution in [0.1, 0.15) is 24.8 Å². The molecule has 1 aliphatic rings. The Labute approximate surface area is 117 Å². The first-order valence-corrected chi connectivity index (χ1v) is 6.81. The Hall–Kier alpha value is -0.710.